The maximum absolute atomic E-state index is 3.60. The first-order valence-corrected chi connectivity index (χ1v) is 7.94. The highest BCUT2D eigenvalue weighted by atomic mass is 15.2. The normalized spacial score (nSPS) is 32.9. The van der Waals surface area contributed by atoms with Crippen LogP contribution in [-0.2, 0) is 6.42 Å². The van der Waals surface area contributed by atoms with E-state index in [4.69, 9.17) is 0 Å². The van der Waals surface area contributed by atoms with Gasteiger partial charge in [-0.1, -0.05) is 6.42 Å². The van der Waals surface area contributed by atoms with Gasteiger partial charge in [-0.2, -0.15) is 0 Å². The van der Waals surface area contributed by atoms with Gasteiger partial charge in [0.2, 0.25) is 0 Å². The minimum Gasteiger partial charge on any atom is -0.382 e. The molecule has 0 radical (unpaired) electrons. The van der Waals surface area contributed by atoms with Crippen LogP contribution in [0.25, 0.3) is 0 Å². The van der Waals surface area contributed by atoms with Crippen LogP contribution in [-0.4, -0.2) is 19.1 Å². The van der Waals surface area contributed by atoms with Crippen LogP contribution in [0, 0.1) is 11.8 Å². The minimum absolute atomic E-state index is 0.629. The van der Waals surface area contributed by atoms with Crippen LogP contribution >= 0.6 is 0 Å². The van der Waals surface area contributed by atoms with Gasteiger partial charge in [0.1, 0.15) is 0 Å². The molecular weight excluding hydrogens is 232 g/mol. The smallest absolute Gasteiger partial charge is 0.0376 e. The van der Waals surface area contributed by atoms with Crippen LogP contribution < -0.4 is 10.2 Å². The van der Waals surface area contributed by atoms with Gasteiger partial charge >= 0.3 is 0 Å². The number of fused-ring (bicyclic) bond motifs is 2. The molecule has 0 amide bonds. The molecule has 2 aliphatic heterocycles. The summed E-state index contributed by atoms with van der Waals surface area (Å²) in [6, 6.07) is 7.69. The van der Waals surface area contributed by atoms with Gasteiger partial charge in [-0.05, 0) is 68.2 Å². The van der Waals surface area contributed by atoms with Gasteiger partial charge in [-0.25, -0.2) is 0 Å². The summed E-state index contributed by atoms with van der Waals surface area (Å²) in [4.78, 5) is 2.63. The van der Waals surface area contributed by atoms with E-state index >= 15 is 0 Å². The van der Waals surface area contributed by atoms with Crippen molar-refractivity contribution >= 4 is 11.4 Å². The zero-order chi connectivity index (χ0) is 12.8. The molecule has 3 unspecified atom stereocenters. The lowest BCUT2D eigenvalue weighted by Crippen LogP contribution is -2.24. The Hall–Kier alpha value is -1.18. The standard InChI is InChI=1S/C17H24N2/c1-12-5-6-13-9-16(7-8-17(13)18-12)19-10-14-3-2-4-15(14)11-19/h7-9,12,14-15,18H,2-6,10-11H2,1H3. The van der Waals surface area contributed by atoms with Crippen LogP contribution in [0.5, 0.6) is 0 Å². The molecule has 2 fully saturated rings. The number of anilines is 2. The monoisotopic (exact) mass is 256 g/mol. The zero-order valence-electron chi connectivity index (χ0n) is 11.9. The summed E-state index contributed by atoms with van der Waals surface area (Å²) in [6.07, 6.45) is 6.89. The Morgan fingerprint density at radius 2 is 1.89 bits per heavy atom. The molecule has 0 aromatic heterocycles. The van der Waals surface area contributed by atoms with Gasteiger partial charge in [-0.3, -0.25) is 0 Å². The van der Waals surface area contributed by atoms with E-state index in [1.165, 1.54) is 62.1 Å². The Morgan fingerprint density at radius 3 is 2.68 bits per heavy atom. The second kappa shape index (κ2) is 4.43. The predicted molar refractivity (Wildman–Crippen MR) is 80.9 cm³/mol. The lowest BCUT2D eigenvalue weighted by atomic mass is 9.98. The molecule has 1 aromatic carbocycles. The van der Waals surface area contributed by atoms with Crippen molar-refractivity contribution in [1.82, 2.24) is 0 Å². The largest absolute Gasteiger partial charge is 0.382 e. The number of hydrogen-bond donors (Lipinski definition) is 1. The molecule has 19 heavy (non-hydrogen) atoms. The molecule has 1 aliphatic carbocycles. The third-order valence-electron chi connectivity index (χ3n) is 5.43. The Labute approximate surface area is 116 Å². The molecular formula is C17H24N2. The number of nitrogens with one attached hydrogen (secondary N) is 1. The third kappa shape index (κ3) is 2.01. The van der Waals surface area contributed by atoms with E-state index in [-0.39, 0.29) is 0 Å². The van der Waals surface area contributed by atoms with Gasteiger partial charge in [0, 0.05) is 30.5 Å². The topological polar surface area (TPSA) is 15.3 Å². The fourth-order valence-electron chi connectivity index (χ4n) is 4.28. The summed E-state index contributed by atoms with van der Waals surface area (Å²) in [6.45, 7) is 4.87. The van der Waals surface area contributed by atoms with Crippen molar-refractivity contribution in [3.8, 4) is 0 Å². The van der Waals surface area contributed by atoms with Crippen molar-refractivity contribution in [2.75, 3.05) is 23.3 Å². The Balaban J connectivity index is 1.56. The second-order valence-corrected chi connectivity index (χ2v) is 6.78. The number of rotatable bonds is 1. The average Bonchev–Trinajstić information content (AvgIpc) is 2.98. The van der Waals surface area contributed by atoms with Gasteiger partial charge in [0.25, 0.3) is 0 Å². The van der Waals surface area contributed by atoms with Crippen LogP contribution in [0.2, 0.25) is 0 Å². The van der Waals surface area contributed by atoms with Crippen molar-refractivity contribution in [2.24, 2.45) is 11.8 Å². The highest BCUT2D eigenvalue weighted by Crippen LogP contribution is 2.40. The van der Waals surface area contributed by atoms with Crippen molar-refractivity contribution < 1.29 is 0 Å². The maximum Gasteiger partial charge on any atom is 0.0376 e. The minimum atomic E-state index is 0.629. The first-order valence-electron chi connectivity index (χ1n) is 7.94. The second-order valence-electron chi connectivity index (χ2n) is 6.78. The van der Waals surface area contributed by atoms with Crippen LogP contribution in [0.3, 0.4) is 0 Å². The Bertz CT molecular complexity index is 470. The van der Waals surface area contributed by atoms with Gasteiger partial charge in [0.05, 0.1) is 0 Å². The lowest BCUT2D eigenvalue weighted by molar-refractivity contribution is 0.494. The molecule has 102 valence electrons. The first kappa shape index (κ1) is 11.6. The van der Waals surface area contributed by atoms with Crippen LogP contribution in [0.4, 0.5) is 11.4 Å². The van der Waals surface area contributed by atoms with E-state index < -0.39 is 0 Å². The molecule has 0 bridgehead atoms. The van der Waals surface area contributed by atoms with Crippen molar-refractivity contribution in [3.05, 3.63) is 23.8 Å². The molecule has 1 N–H and O–H groups in total. The van der Waals surface area contributed by atoms with E-state index in [0.717, 1.165) is 11.8 Å². The quantitative estimate of drug-likeness (QED) is 0.824. The summed E-state index contributed by atoms with van der Waals surface area (Å²) >= 11 is 0. The van der Waals surface area contributed by atoms with Crippen molar-refractivity contribution in [3.63, 3.8) is 0 Å². The van der Waals surface area contributed by atoms with Gasteiger partial charge in [-0.15, -0.1) is 0 Å². The zero-order valence-corrected chi connectivity index (χ0v) is 11.9. The highest BCUT2D eigenvalue weighted by molar-refractivity contribution is 5.62. The molecule has 1 aromatic rings. The first-order chi connectivity index (χ1) is 9.29. The fraction of sp³-hybridized carbons (Fsp3) is 0.647. The summed E-state index contributed by atoms with van der Waals surface area (Å²) in [5, 5.41) is 3.60. The van der Waals surface area contributed by atoms with E-state index in [1.807, 2.05) is 0 Å². The van der Waals surface area contributed by atoms with E-state index in [1.54, 1.807) is 0 Å². The van der Waals surface area contributed by atoms with E-state index in [2.05, 4.69) is 35.3 Å². The summed E-state index contributed by atoms with van der Waals surface area (Å²) in [5.41, 5.74) is 4.35. The van der Waals surface area contributed by atoms with Crippen LogP contribution in [0.1, 0.15) is 38.2 Å². The maximum atomic E-state index is 3.60. The molecule has 1 saturated carbocycles. The van der Waals surface area contributed by atoms with Crippen LogP contribution in [0.15, 0.2) is 18.2 Å². The molecule has 3 atom stereocenters. The third-order valence-corrected chi connectivity index (χ3v) is 5.43. The molecule has 2 heterocycles. The van der Waals surface area contributed by atoms with Crippen molar-refractivity contribution in [2.45, 2.75) is 45.1 Å². The summed E-state index contributed by atoms with van der Waals surface area (Å²) < 4.78 is 0. The van der Waals surface area contributed by atoms with Gasteiger partial charge < -0.3 is 10.2 Å². The average molecular weight is 256 g/mol. The summed E-state index contributed by atoms with van der Waals surface area (Å²) in [5.74, 6) is 1.96. The number of benzene rings is 1. The number of aryl methyl sites for hydroxylation is 1. The predicted octanol–water partition coefficient (Wildman–Crippen LogP) is 3.67. The lowest BCUT2D eigenvalue weighted by Gasteiger charge is -2.27. The van der Waals surface area contributed by atoms with Gasteiger partial charge in [0.15, 0.2) is 0 Å². The molecule has 3 aliphatic rings. The SMILES string of the molecule is CC1CCc2cc(N3CC4CCCC4C3)ccc2N1. The Kier molecular flexibility index (Phi) is 2.71. The molecule has 1 saturated heterocycles. The van der Waals surface area contributed by atoms with E-state index in [9.17, 15) is 0 Å². The highest BCUT2D eigenvalue weighted by Gasteiger charge is 2.36. The molecule has 0 spiro atoms. The summed E-state index contributed by atoms with van der Waals surface area (Å²) in [7, 11) is 0. The molecule has 2 nitrogen and oxygen atoms in total. The Morgan fingerprint density at radius 1 is 1.11 bits per heavy atom. The number of hydrogen-bond acceptors (Lipinski definition) is 2. The molecule has 2 heteroatoms. The fourth-order valence-corrected chi connectivity index (χ4v) is 4.28. The number of nitrogens with zero attached hydrogens (tertiary/aromatic N) is 1. The molecule has 4 rings (SSSR count). The van der Waals surface area contributed by atoms with Crippen molar-refractivity contribution in [1.29, 1.82) is 0 Å². The van der Waals surface area contributed by atoms with E-state index in [0.29, 0.717) is 6.04 Å².